The highest BCUT2D eigenvalue weighted by molar-refractivity contribution is 9.10. The fraction of sp³-hybridized carbons (Fsp3) is 0.667. The molecule has 1 heterocycles. The summed E-state index contributed by atoms with van der Waals surface area (Å²) >= 11 is 3.42. The fourth-order valence-electron chi connectivity index (χ4n) is 3.00. The van der Waals surface area contributed by atoms with Crippen LogP contribution >= 0.6 is 15.9 Å². The Kier molecular flexibility index (Phi) is 6.28. The molecule has 106 valence electrons. The Labute approximate surface area is 124 Å². The number of hydrazine groups is 1. The Morgan fingerprint density at radius 2 is 1.89 bits per heavy atom. The zero-order valence-corrected chi connectivity index (χ0v) is 13.0. The van der Waals surface area contributed by atoms with Gasteiger partial charge >= 0.3 is 0 Å². The molecule has 1 aliphatic rings. The minimum atomic E-state index is 0.353. The summed E-state index contributed by atoms with van der Waals surface area (Å²) in [6.45, 7) is 0. The first-order valence-corrected chi connectivity index (χ1v) is 8.15. The number of rotatable bonds is 4. The summed E-state index contributed by atoms with van der Waals surface area (Å²) in [6, 6.07) is 4.48. The Bertz CT molecular complexity index is 358. The van der Waals surface area contributed by atoms with Crippen LogP contribution in [0.15, 0.2) is 22.8 Å². The van der Waals surface area contributed by atoms with Gasteiger partial charge in [0.2, 0.25) is 0 Å². The highest BCUT2D eigenvalue weighted by Gasteiger charge is 2.21. The fourth-order valence-corrected chi connectivity index (χ4v) is 3.24. The third kappa shape index (κ3) is 4.86. The lowest BCUT2D eigenvalue weighted by Gasteiger charge is -2.28. The van der Waals surface area contributed by atoms with Crippen molar-refractivity contribution in [2.75, 3.05) is 0 Å². The molecule has 1 aromatic rings. The number of halogens is 1. The van der Waals surface area contributed by atoms with Crippen LogP contribution in [-0.2, 0) is 6.42 Å². The third-order valence-electron chi connectivity index (χ3n) is 4.15. The SMILES string of the molecule is NNC(Cc1ccc(Br)cn1)C1CCCCCCC1. The molecule has 0 bridgehead atoms. The van der Waals surface area contributed by atoms with Crippen molar-refractivity contribution < 1.29 is 0 Å². The molecule has 2 rings (SSSR count). The van der Waals surface area contributed by atoms with Crippen molar-refractivity contribution in [3.05, 3.63) is 28.5 Å². The van der Waals surface area contributed by atoms with Crippen LogP contribution in [0.4, 0.5) is 0 Å². The molecule has 19 heavy (non-hydrogen) atoms. The van der Waals surface area contributed by atoms with E-state index in [2.05, 4.69) is 32.4 Å². The summed E-state index contributed by atoms with van der Waals surface area (Å²) in [4.78, 5) is 4.46. The zero-order valence-electron chi connectivity index (χ0n) is 11.4. The highest BCUT2D eigenvalue weighted by Crippen LogP contribution is 2.26. The molecule has 4 heteroatoms. The third-order valence-corrected chi connectivity index (χ3v) is 4.62. The predicted molar refractivity (Wildman–Crippen MR) is 82.6 cm³/mol. The lowest BCUT2D eigenvalue weighted by molar-refractivity contribution is 0.284. The summed E-state index contributed by atoms with van der Waals surface area (Å²) in [5, 5.41) is 0. The summed E-state index contributed by atoms with van der Waals surface area (Å²) in [5.41, 5.74) is 4.15. The van der Waals surface area contributed by atoms with Gasteiger partial charge in [-0.1, -0.05) is 32.1 Å². The lowest BCUT2D eigenvalue weighted by atomic mass is 9.84. The smallest absolute Gasteiger partial charge is 0.0420 e. The van der Waals surface area contributed by atoms with Crippen molar-refractivity contribution in [3.8, 4) is 0 Å². The normalized spacial score (nSPS) is 19.7. The second-order valence-electron chi connectivity index (χ2n) is 5.55. The molecule has 0 aliphatic heterocycles. The van der Waals surface area contributed by atoms with Gasteiger partial charge in [0.05, 0.1) is 0 Å². The average molecular weight is 326 g/mol. The molecule has 0 amide bonds. The van der Waals surface area contributed by atoms with Crippen LogP contribution in [-0.4, -0.2) is 11.0 Å². The second-order valence-corrected chi connectivity index (χ2v) is 6.47. The van der Waals surface area contributed by atoms with Crippen molar-refractivity contribution in [3.63, 3.8) is 0 Å². The van der Waals surface area contributed by atoms with Crippen LogP contribution in [0.5, 0.6) is 0 Å². The first-order chi connectivity index (χ1) is 9.29. The van der Waals surface area contributed by atoms with Crippen molar-refractivity contribution in [2.45, 2.75) is 57.4 Å². The Morgan fingerprint density at radius 1 is 1.21 bits per heavy atom. The first-order valence-electron chi connectivity index (χ1n) is 7.36. The molecule has 1 aliphatic carbocycles. The van der Waals surface area contributed by atoms with E-state index >= 15 is 0 Å². The topological polar surface area (TPSA) is 50.9 Å². The summed E-state index contributed by atoms with van der Waals surface area (Å²) < 4.78 is 1.03. The standard InChI is InChI=1S/C15H24BrN3/c16-13-8-9-14(18-11-13)10-15(19-17)12-6-4-2-1-3-5-7-12/h8-9,11-12,15,19H,1-7,10,17H2. The van der Waals surface area contributed by atoms with Gasteiger partial charge in [0.15, 0.2) is 0 Å². The maximum atomic E-state index is 5.78. The van der Waals surface area contributed by atoms with Gasteiger partial charge in [-0.05, 0) is 46.8 Å². The van der Waals surface area contributed by atoms with E-state index in [9.17, 15) is 0 Å². The van der Waals surface area contributed by atoms with Crippen LogP contribution in [0.25, 0.3) is 0 Å². The zero-order chi connectivity index (χ0) is 13.5. The van der Waals surface area contributed by atoms with Crippen LogP contribution in [0.1, 0.15) is 50.6 Å². The highest BCUT2D eigenvalue weighted by atomic mass is 79.9. The minimum absolute atomic E-state index is 0.353. The number of nitrogens with zero attached hydrogens (tertiary/aromatic N) is 1. The second kappa shape index (κ2) is 7.98. The molecule has 3 nitrogen and oxygen atoms in total. The van der Waals surface area contributed by atoms with Gasteiger partial charge < -0.3 is 0 Å². The first kappa shape index (κ1) is 14.9. The lowest BCUT2D eigenvalue weighted by Crippen LogP contribution is -2.42. The van der Waals surface area contributed by atoms with Gasteiger partial charge in [-0.2, -0.15) is 0 Å². The molecule has 3 N–H and O–H groups in total. The molecule has 1 saturated carbocycles. The quantitative estimate of drug-likeness (QED) is 0.657. The molecular weight excluding hydrogens is 302 g/mol. The van der Waals surface area contributed by atoms with Gasteiger partial charge in [-0.25, -0.2) is 0 Å². The largest absolute Gasteiger partial charge is 0.271 e. The van der Waals surface area contributed by atoms with E-state index in [1.165, 1.54) is 44.9 Å². The van der Waals surface area contributed by atoms with Crippen molar-refractivity contribution >= 4 is 15.9 Å². The van der Waals surface area contributed by atoms with Gasteiger partial charge in [0.1, 0.15) is 0 Å². The van der Waals surface area contributed by atoms with Crippen LogP contribution in [0.3, 0.4) is 0 Å². The maximum absolute atomic E-state index is 5.78. The maximum Gasteiger partial charge on any atom is 0.0420 e. The number of hydrogen-bond donors (Lipinski definition) is 2. The Hall–Kier alpha value is -0.450. The number of hydrogen-bond acceptors (Lipinski definition) is 3. The van der Waals surface area contributed by atoms with E-state index in [4.69, 9.17) is 5.84 Å². The van der Waals surface area contributed by atoms with Gasteiger partial charge in [0.25, 0.3) is 0 Å². The van der Waals surface area contributed by atoms with E-state index in [1.54, 1.807) is 0 Å². The number of aromatic nitrogens is 1. The predicted octanol–water partition coefficient (Wildman–Crippen LogP) is 3.58. The van der Waals surface area contributed by atoms with Crippen molar-refractivity contribution in [1.82, 2.24) is 10.4 Å². The van der Waals surface area contributed by atoms with Gasteiger partial charge in [-0.15, -0.1) is 0 Å². The van der Waals surface area contributed by atoms with Gasteiger partial charge in [0, 0.05) is 28.8 Å². The molecular formula is C15H24BrN3. The van der Waals surface area contributed by atoms with Crippen molar-refractivity contribution in [1.29, 1.82) is 0 Å². The van der Waals surface area contributed by atoms with Crippen LogP contribution < -0.4 is 11.3 Å². The molecule has 0 aromatic carbocycles. The van der Waals surface area contributed by atoms with Crippen molar-refractivity contribution in [2.24, 2.45) is 11.8 Å². The van der Waals surface area contributed by atoms with E-state index in [0.717, 1.165) is 16.6 Å². The van der Waals surface area contributed by atoms with Gasteiger partial charge in [-0.3, -0.25) is 16.3 Å². The van der Waals surface area contributed by atoms with Crippen LogP contribution in [0, 0.1) is 5.92 Å². The molecule has 0 radical (unpaired) electrons. The van der Waals surface area contributed by atoms with E-state index < -0.39 is 0 Å². The average Bonchev–Trinajstić information content (AvgIpc) is 2.38. The molecule has 1 atom stereocenters. The van der Waals surface area contributed by atoms with E-state index in [1.807, 2.05) is 12.3 Å². The summed E-state index contributed by atoms with van der Waals surface area (Å²) in [7, 11) is 0. The number of pyridine rings is 1. The minimum Gasteiger partial charge on any atom is -0.271 e. The molecule has 1 aromatic heterocycles. The summed E-state index contributed by atoms with van der Waals surface area (Å²) in [5.74, 6) is 6.47. The van der Waals surface area contributed by atoms with Crippen LogP contribution in [0.2, 0.25) is 0 Å². The molecule has 0 saturated heterocycles. The molecule has 0 spiro atoms. The Morgan fingerprint density at radius 3 is 2.47 bits per heavy atom. The molecule has 1 fully saturated rings. The number of nitrogens with two attached hydrogens (primary N) is 1. The molecule has 1 unspecified atom stereocenters. The Balaban J connectivity index is 1.95. The summed E-state index contributed by atoms with van der Waals surface area (Å²) in [6.07, 6.45) is 12.2. The van der Waals surface area contributed by atoms with E-state index in [-0.39, 0.29) is 0 Å². The monoisotopic (exact) mass is 325 g/mol. The van der Waals surface area contributed by atoms with E-state index in [0.29, 0.717) is 12.0 Å². The number of nitrogens with one attached hydrogen (secondary N) is 1.